The largest absolute Gasteiger partial charge is 0.451 e. The molecule has 1 aromatic carbocycles. The van der Waals surface area contributed by atoms with Crippen LogP contribution in [0.3, 0.4) is 0 Å². The first kappa shape index (κ1) is 22.9. The van der Waals surface area contributed by atoms with Gasteiger partial charge in [-0.25, -0.2) is 13.2 Å². The second kappa shape index (κ2) is 9.87. The molecule has 160 valence electrons. The van der Waals surface area contributed by atoms with Crippen LogP contribution in [0.5, 0.6) is 0 Å². The minimum Gasteiger partial charge on any atom is -0.451 e. The number of rotatable bonds is 8. The Morgan fingerprint density at radius 3 is 2.38 bits per heavy atom. The lowest BCUT2D eigenvalue weighted by molar-refractivity contribution is -0.158. The van der Waals surface area contributed by atoms with Crippen LogP contribution in [0.2, 0.25) is 0 Å². The minimum atomic E-state index is -3.13. The maximum Gasteiger partial charge on any atom is 0.329 e. The Bertz CT molecular complexity index is 840. The SMILES string of the molecule is CC[C@H](C)[C@H](NC(=O)c1ccccc1)C(=O)O[C@@H](C)C(=O)N[C@@H]1CCS(=O)(=O)C1. The molecule has 1 aliphatic heterocycles. The maximum absolute atomic E-state index is 12.7. The Labute approximate surface area is 171 Å². The van der Waals surface area contributed by atoms with E-state index in [-0.39, 0.29) is 17.4 Å². The smallest absolute Gasteiger partial charge is 0.329 e. The summed E-state index contributed by atoms with van der Waals surface area (Å²) in [4.78, 5) is 37.4. The van der Waals surface area contributed by atoms with Crippen LogP contribution in [-0.2, 0) is 24.2 Å². The topological polar surface area (TPSA) is 119 Å². The predicted octanol–water partition coefficient (Wildman–Crippen LogP) is 1.07. The van der Waals surface area contributed by atoms with E-state index in [1.807, 2.05) is 13.8 Å². The first-order valence-electron chi connectivity index (χ1n) is 9.70. The molecule has 2 N–H and O–H groups in total. The number of ether oxygens (including phenoxy) is 1. The van der Waals surface area contributed by atoms with Crippen molar-refractivity contribution in [1.29, 1.82) is 0 Å². The summed E-state index contributed by atoms with van der Waals surface area (Å²) < 4.78 is 28.3. The second-order valence-corrected chi connectivity index (χ2v) is 9.62. The maximum atomic E-state index is 12.7. The summed E-state index contributed by atoms with van der Waals surface area (Å²) in [6.07, 6.45) is -0.141. The van der Waals surface area contributed by atoms with Crippen molar-refractivity contribution in [1.82, 2.24) is 10.6 Å². The van der Waals surface area contributed by atoms with Gasteiger partial charge in [-0.1, -0.05) is 38.5 Å². The molecule has 1 aromatic rings. The third-order valence-corrected chi connectivity index (χ3v) is 6.80. The van der Waals surface area contributed by atoms with E-state index in [4.69, 9.17) is 4.74 Å². The lowest BCUT2D eigenvalue weighted by Gasteiger charge is -2.25. The van der Waals surface area contributed by atoms with Crippen LogP contribution in [0.15, 0.2) is 30.3 Å². The predicted molar refractivity (Wildman–Crippen MR) is 108 cm³/mol. The van der Waals surface area contributed by atoms with Gasteiger partial charge in [-0.15, -0.1) is 0 Å². The summed E-state index contributed by atoms with van der Waals surface area (Å²) in [5, 5.41) is 5.29. The van der Waals surface area contributed by atoms with Gasteiger partial charge in [-0.05, 0) is 31.4 Å². The summed E-state index contributed by atoms with van der Waals surface area (Å²) in [5.41, 5.74) is 0.418. The number of nitrogens with one attached hydrogen (secondary N) is 2. The van der Waals surface area contributed by atoms with Gasteiger partial charge in [0.15, 0.2) is 15.9 Å². The Balaban J connectivity index is 1.97. The molecule has 0 bridgehead atoms. The molecule has 4 atom stereocenters. The zero-order chi connectivity index (χ0) is 21.6. The highest BCUT2D eigenvalue weighted by atomic mass is 32.2. The molecular formula is C20H28N2O6S. The van der Waals surface area contributed by atoms with E-state index in [2.05, 4.69) is 10.6 Å². The Morgan fingerprint density at radius 1 is 1.17 bits per heavy atom. The average molecular weight is 425 g/mol. The summed E-state index contributed by atoms with van der Waals surface area (Å²) in [6.45, 7) is 5.12. The number of amides is 2. The highest BCUT2D eigenvalue weighted by Crippen LogP contribution is 2.14. The molecule has 1 aliphatic rings. The third-order valence-electron chi connectivity index (χ3n) is 5.03. The zero-order valence-electron chi connectivity index (χ0n) is 16.9. The molecule has 0 spiro atoms. The summed E-state index contributed by atoms with van der Waals surface area (Å²) in [7, 11) is -3.13. The third kappa shape index (κ3) is 6.56. The zero-order valence-corrected chi connectivity index (χ0v) is 17.7. The summed E-state index contributed by atoms with van der Waals surface area (Å²) >= 11 is 0. The van der Waals surface area contributed by atoms with E-state index in [0.29, 0.717) is 18.4 Å². The van der Waals surface area contributed by atoms with Gasteiger partial charge in [0.2, 0.25) is 0 Å². The molecule has 9 heteroatoms. The van der Waals surface area contributed by atoms with E-state index in [1.54, 1.807) is 30.3 Å². The van der Waals surface area contributed by atoms with Crippen molar-refractivity contribution < 1.29 is 27.5 Å². The Hall–Kier alpha value is -2.42. The van der Waals surface area contributed by atoms with E-state index >= 15 is 0 Å². The first-order valence-corrected chi connectivity index (χ1v) is 11.5. The van der Waals surface area contributed by atoms with E-state index in [1.165, 1.54) is 6.92 Å². The van der Waals surface area contributed by atoms with E-state index in [0.717, 1.165) is 0 Å². The number of carbonyl (C=O) groups excluding carboxylic acids is 3. The average Bonchev–Trinajstić information content (AvgIpc) is 3.03. The lowest BCUT2D eigenvalue weighted by Crippen LogP contribution is -2.49. The van der Waals surface area contributed by atoms with Crippen LogP contribution in [0, 0.1) is 5.92 Å². The van der Waals surface area contributed by atoms with Crippen LogP contribution < -0.4 is 10.6 Å². The van der Waals surface area contributed by atoms with Crippen LogP contribution in [-0.4, -0.2) is 55.9 Å². The molecule has 0 aromatic heterocycles. The van der Waals surface area contributed by atoms with Gasteiger partial charge in [0, 0.05) is 11.6 Å². The molecule has 2 amide bonds. The first-order chi connectivity index (χ1) is 13.6. The van der Waals surface area contributed by atoms with Crippen LogP contribution >= 0.6 is 0 Å². The van der Waals surface area contributed by atoms with Gasteiger partial charge < -0.3 is 15.4 Å². The molecule has 0 aliphatic carbocycles. The number of hydrogen-bond acceptors (Lipinski definition) is 6. The van der Waals surface area contributed by atoms with Crippen LogP contribution in [0.4, 0.5) is 0 Å². The molecule has 29 heavy (non-hydrogen) atoms. The number of hydrogen-bond donors (Lipinski definition) is 2. The number of carbonyl (C=O) groups is 3. The van der Waals surface area contributed by atoms with Crippen LogP contribution in [0.1, 0.15) is 44.0 Å². The van der Waals surface area contributed by atoms with Crippen molar-refractivity contribution in [2.75, 3.05) is 11.5 Å². The fourth-order valence-corrected chi connectivity index (χ4v) is 4.69. The molecule has 2 rings (SSSR count). The number of benzene rings is 1. The normalized spacial score (nSPS) is 20.9. The van der Waals surface area contributed by atoms with Crippen molar-refractivity contribution >= 4 is 27.6 Å². The fourth-order valence-electron chi connectivity index (χ4n) is 3.01. The van der Waals surface area contributed by atoms with E-state index < -0.39 is 45.8 Å². The van der Waals surface area contributed by atoms with Crippen molar-refractivity contribution in [3.63, 3.8) is 0 Å². The quantitative estimate of drug-likeness (QED) is 0.603. The molecule has 0 unspecified atom stereocenters. The van der Waals surface area contributed by atoms with Crippen molar-refractivity contribution in [3.8, 4) is 0 Å². The summed E-state index contributed by atoms with van der Waals surface area (Å²) in [6, 6.07) is 7.13. The van der Waals surface area contributed by atoms with Gasteiger partial charge in [0.25, 0.3) is 11.8 Å². The molecule has 0 radical (unpaired) electrons. The molecule has 0 saturated carbocycles. The molecule has 1 saturated heterocycles. The van der Waals surface area contributed by atoms with Gasteiger partial charge in [-0.2, -0.15) is 0 Å². The fraction of sp³-hybridized carbons (Fsp3) is 0.550. The number of esters is 1. The Kier molecular flexibility index (Phi) is 7.78. The monoisotopic (exact) mass is 424 g/mol. The molecule has 8 nitrogen and oxygen atoms in total. The summed E-state index contributed by atoms with van der Waals surface area (Å²) in [5.74, 6) is -1.94. The molecule has 1 fully saturated rings. The van der Waals surface area contributed by atoms with Crippen molar-refractivity contribution in [2.45, 2.75) is 51.8 Å². The van der Waals surface area contributed by atoms with E-state index in [9.17, 15) is 22.8 Å². The second-order valence-electron chi connectivity index (χ2n) is 7.39. The van der Waals surface area contributed by atoms with Gasteiger partial charge in [0.05, 0.1) is 11.5 Å². The van der Waals surface area contributed by atoms with Gasteiger partial charge in [-0.3, -0.25) is 9.59 Å². The minimum absolute atomic E-state index is 0.0354. The highest BCUT2D eigenvalue weighted by molar-refractivity contribution is 7.91. The number of sulfone groups is 1. The standard InChI is InChI=1S/C20H28N2O6S/c1-4-13(2)17(22-19(24)15-8-6-5-7-9-15)20(25)28-14(3)18(23)21-16-10-11-29(26,27)12-16/h5-9,13-14,16-17H,4,10-12H2,1-3H3,(H,21,23)(H,22,24)/t13-,14-,16+,17-/m0/s1. The lowest BCUT2D eigenvalue weighted by atomic mass is 9.98. The Morgan fingerprint density at radius 2 is 1.83 bits per heavy atom. The van der Waals surface area contributed by atoms with Crippen molar-refractivity contribution in [3.05, 3.63) is 35.9 Å². The highest BCUT2D eigenvalue weighted by Gasteiger charge is 2.33. The van der Waals surface area contributed by atoms with Gasteiger partial charge >= 0.3 is 5.97 Å². The molecular weight excluding hydrogens is 396 g/mol. The van der Waals surface area contributed by atoms with Crippen molar-refractivity contribution in [2.24, 2.45) is 5.92 Å². The molecule has 1 heterocycles. The van der Waals surface area contributed by atoms with Gasteiger partial charge in [0.1, 0.15) is 6.04 Å². The van der Waals surface area contributed by atoms with Crippen LogP contribution in [0.25, 0.3) is 0 Å².